The first-order valence-electron chi connectivity index (χ1n) is 5.53. The Morgan fingerprint density at radius 2 is 1.75 bits per heavy atom. The Balaban J connectivity index is 2.06. The summed E-state index contributed by atoms with van der Waals surface area (Å²) in [6.45, 7) is -0.233. The first-order valence-corrected chi connectivity index (χ1v) is 6.67. The van der Waals surface area contributed by atoms with Crippen molar-refractivity contribution in [2.24, 2.45) is 0 Å². The van der Waals surface area contributed by atoms with Crippen LogP contribution in [0, 0.1) is 5.82 Å². The van der Waals surface area contributed by atoms with Crippen LogP contribution in [-0.4, -0.2) is 12.4 Å². The highest BCUT2D eigenvalue weighted by Crippen LogP contribution is 2.26. The van der Waals surface area contributed by atoms with Gasteiger partial charge in [0.1, 0.15) is 11.6 Å². The van der Waals surface area contributed by atoms with Gasteiger partial charge in [-0.15, -0.1) is 0 Å². The number of carbonyl (C=O) groups is 1. The van der Waals surface area contributed by atoms with E-state index < -0.39 is 5.82 Å². The predicted molar refractivity (Wildman–Crippen MR) is 77.7 cm³/mol. The predicted octanol–water partition coefficient (Wildman–Crippen LogP) is 5.05. The highest BCUT2D eigenvalue weighted by atomic mass is 35.5. The van der Waals surface area contributed by atoms with Crippen molar-refractivity contribution in [3.8, 4) is 5.75 Å². The SMILES string of the molecule is O=C(COc1ccc(F)cc1Cl)c1ccc(Cl)c(Cl)c1. The lowest BCUT2D eigenvalue weighted by molar-refractivity contribution is 0.0921. The van der Waals surface area contributed by atoms with Crippen LogP contribution in [0.3, 0.4) is 0 Å². The zero-order chi connectivity index (χ0) is 14.7. The van der Waals surface area contributed by atoms with Crippen molar-refractivity contribution >= 4 is 40.6 Å². The van der Waals surface area contributed by atoms with Gasteiger partial charge < -0.3 is 4.74 Å². The van der Waals surface area contributed by atoms with Gasteiger partial charge in [-0.25, -0.2) is 4.39 Å². The summed E-state index contributed by atoms with van der Waals surface area (Å²) in [6.07, 6.45) is 0. The Morgan fingerprint density at radius 3 is 2.40 bits per heavy atom. The molecule has 0 saturated carbocycles. The van der Waals surface area contributed by atoms with Crippen LogP contribution in [0.2, 0.25) is 15.1 Å². The van der Waals surface area contributed by atoms with Crippen molar-refractivity contribution in [2.75, 3.05) is 6.61 Å². The van der Waals surface area contributed by atoms with Crippen LogP contribution < -0.4 is 4.74 Å². The molecule has 2 aromatic rings. The minimum atomic E-state index is -0.474. The highest BCUT2D eigenvalue weighted by Gasteiger charge is 2.10. The molecule has 0 saturated heterocycles. The number of ether oxygens (including phenoxy) is 1. The van der Waals surface area contributed by atoms with Crippen molar-refractivity contribution < 1.29 is 13.9 Å². The lowest BCUT2D eigenvalue weighted by Gasteiger charge is -2.08. The number of hydrogen-bond acceptors (Lipinski definition) is 2. The minimum absolute atomic E-state index is 0.104. The van der Waals surface area contributed by atoms with Gasteiger partial charge in [0.25, 0.3) is 0 Å². The second-order valence-corrected chi connectivity index (χ2v) is 5.14. The molecule has 0 spiro atoms. The van der Waals surface area contributed by atoms with E-state index in [1.807, 2.05) is 0 Å². The van der Waals surface area contributed by atoms with Gasteiger partial charge in [-0.3, -0.25) is 4.79 Å². The number of rotatable bonds is 4. The Kier molecular flexibility index (Phi) is 4.86. The molecule has 0 atom stereocenters. The summed E-state index contributed by atoms with van der Waals surface area (Å²) < 4.78 is 18.1. The molecule has 0 aliphatic carbocycles. The number of hydrogen-bond donors (Lipinski definition) is 0. The molecule has 0 N–H and O–H groups in total. The van der Waals surface area contributed by atoms with E-state index in [1.165, 1.54) is 24.3 Å². The first-order chi connectivity index (χ1) is 9.47. The number of carbonyl (C=O) groups excluding carboxylic acids is 1. The van der Waals surface area contributed by atoms with Gasteiger partial charge in [-0.2, -0.15) is 0 Å². The summed E-state index contributed by atoms with van der Waals surface area (Å²) >= 11 is 17.4. The van der Waals surface area contributed by atoms with Crippen LogP contribution >= 0.6 is 34.8 Å². The van der Waals surface area contributed by atoms with Crippen LogP contribution in [0.4, 0.5) is 4.39 Å². The van der Waals surface area contributed by atoms with Crippen LogP contribution in [0.25, 0.3) is 0 Å². The maximum atomic E-state index is 12.9. The first kappa shape index (κ1) is 15.1. The third-order valence-corrected chi connectivity index (χ3v) is 3.53. The molecule has 0 aliphatic heterocycles. The quantitative estimate of drug-likeness (QED) is 0.732. The van der Waals surface area contributed by atoms with Crippen molar-refractivity contribution in [1.82, 2.24) is 0 Å². The van der Waals surface area contributed by atoms with Gasteiger partial charge in [0.2, 0.25) is 0 Å². The average Bonchev–Trinajstić information content (AvgIpc) is 2.40. The van der Waals surface area contributed by atoms with E-state index in [-0.39, 0.29) is 28.2 Å². The monoisotopic (exact) mass is 332 g/mol. The normalized spacial score (nSPS) is 10.4. The van der Waals surface area contributed by atoms with E-state index in [1.54, 1.807) is 6.07 Å². The molecule has 2 aromatic carbocycles. The Bertz CT molecular complexity index is 659. The van der Waals surface area contributed by atoms with Crippen molar-refractivity contribution in [1.29, 1.82) is 0 Å². The molecule has 104 valence electrons. The largest absolute Gasteiger partial charge is 0.484 e. The molecule has 0 aromatic heterocycles. The maximum absolute atomic E-state index is 12.9. The fraction of sp³-hybridized carbons (Fsp3) is 0.0714. The minimum Gasteiger partial charge on any atom is -0.484 e. The Morgan fingerprint density at radius 1 is 1.00 bits per heavy atom. The fourth-order valence-electron chi connectivity index (χ4n) is 1.49. The second kappa shape index (κ2) is 6.44. The number of halogens is 4. The zero-order valence-corrected chi connectivity index (χ0v) is 12.3. The van der Waals surface area contributed by atoms with E-state index in [0.29, 0.717) is 10.6 Å². The van der Waals surface area contributed by atoms with Crippen LogP contribution in [0.1, 0.15) is 10.4 Å². The molecular formula is C14H8Cl3FO2. The molecule has 2 rings (SSSR count). The lowest BCUT2D eigenvalue weighted by atomic mass is 10.1. The summed E-state index contributed by atoms with van der Waals surface area (Å²) in [6, 6.07) is 8.21. The van der Waals surface area contributed by atoms with Crippen LogP contribution in [0.5, 0.6) is 5.75 Å². The molecule has 0 radical (unpaired) electrons. The van der Waals surface area contributed by atoms with Crippen molar-refractivity contribution in [3.05, 3.63) is 62.8 Å². The van der Waals surface area contributed by atoms with Gasteiger partial charge in [0, 0.05) is 5.56 Å². The number of benzene rings is 2. The second-order valence-electron chi connectivity index (χ2n) is 3.92. The summed E-state index contributed by atoms with van der Waals surface area (Å²) in [5, 5.41) is 0.759. The highest BCUT2D eigenvalue weighted by molar-refractivity contribution is 6.42. The summed E-state index contributed by atoms with van der Waals surface area (Å²) in [5.41, 5.74) is 0.373. The third-order valence-electron chi connectivity index (χ3n) is 2.49. The molecule has 0 heterocycles. The lowest BCUT2D eigenvalue weighted by Crippen LogP contribution is -2.11. The molecule has 6 heteroatoms. The molecule has 0 amide bonds. The maximum Gasteiger partial charge on any atom is 0.200 e. The van der Waals surface area contributed by atoms with Gasteiger partial charge in [-0.1, -0.05) is 34.8 Å². The average molecular weight is 334 g/mol. The number of Topliss-reactive ketones (excluding diaryl/α,β-unsaturated/α-hetero) is 1. The van der Waals surface area contributed by atoms with Gasteiger partial charge in [0.15, 0.2) is 12.4 Å². The van der Waals surface area contributed by atoms with Gasteiger partial charge in [-0.05, 0) is 36.4 Å². The van der Waals surface area contributed by atoms with Crippen LogP contribution in [-0.2, 0) is 0 Å². The van der Waals surface area contributed by atoms with E-state index in [2.05, 4.69) is 0 Å². The van der Waals surface area contributed by atoms with Crippen molar-refractivity contribution in [3.63, 3.8) is 0 Å². The van der Waals surface area contributed by atoms with Gasteiger partial charge >= 0.3 is 0 Å². The molecule has 0 bridgehead atoms. The van der Waals surface area contributed by atoms with Crippen LogP contribution in [0.15, 0.2) is 36.4 Å². The zero-order valence-electron chi connectivity index (χ0n) is 10.00. The molecule has 20 heavy (non-hydrogen) atoms. The van der Waals surface area contributed by atoms with E-state index in [0.717, 1.165) is 6.07 Å². The Hall–Kier alpha value is -1.29. The summed E-state index contributed by atoms with van der Waals surface area (Å²) in [5.74, 6) is -0.524. The molecule has 0 unspecified atom stereocenters. The van der Waals surface area contributed by atoms with E-state index >= 15 is 0 Å². The topological polar surface area (TPSA) is 26.3 Å². The molecule has 0 fully saturated rings. The fourth-order valence-corrected chi connectivity index (χ4v) is 2.01. The smallest absolute Gasteiger partial charge is 0.200 e. The Labute approximate surface area is 130 Å². The summed E-state index contributed by atoms with van der Waals surface area (Å²) in [7, 11) is 0. The van der Waals surface area contributed by atoms with Gasteiger partial charge in [0.05, 0.1) is 15.1 Å². The van der Waals surface area contributed by atoms with Crippen molar-refractivity contribution in [2.45, 2.75) is 0 Å². The van der Waals surface area contributed by atoms with E-state index in [4.69, 9.17) is 39.5 Å². The molecule has 0 aliphatic rings. The standard InChI is InChI=1S/C14H8Cl3FO2/c15-10-3-1-8(5-11(10)16)13(19)7-20-14-4-2-9(18)6-12(14)17/h1-6H,7H2. The molecule has 2 nitrogen and oxygen atoms in total. The summed E-state index contributed by atoms with van der Waals surface area (Å²) in [4.78, 5) is 11.9. The number of ketones is 1. The van der Waals surface area contributed by atoms with E-state index in [9.17, 15) is 9.18 Å². The molecular weight excluding hydrogens is 326 g/mol. The third kappa shape index (κ3) is 3.63.